The molecule has 0 unspecified atom stereocenters. The minimum Gasteiger partial charge on any atom is -0.451 e. The number of carbonyl (C=O) groups is 1. The summed E-state index contributed by atoms with van der Waals surface area (Å²) in [5.74, 6) is -0.125. The molecule has 2 atom stereocenters. The predicted molar refractivity (Wildman–Crippen MR) is 115 cm³/mol. The van der Waals surface area contributed by atoms with Gasteiger partial charge in [0.1, 0.15) is 18.2 Å². The lowest BCUT2D eigenvalue weighted by Gasteiger charge is -2.23. The predicted octanol–water partition coefficient (Wildman–Crippen LogP) is 4.49. The van der Waals surface area contributed by atoms with Gasteiger partial charge in [-0.25, -0.2) is 28.5 Å². The van der Waals surface area contributed by atoms with Gasteiger partial charge in [-0.3, -0.25) is 4.90 Å². The summed E-state index contributed by atoms with van der Waals surface area (Å²) >= 11 is 0. The number of nitrogens with one attached hydrogen (secondary N) is 1. The van der Waals surface area contributed by atoms with Crippen LogP contribution in [-0.4, -0.2) is 38.7 Å². The van der Waals surface area contributed by atoms with Crippen LogP contribution in [0.3, 0.4) is 0 Å². The van der Waals surface area contributed by atoms with E-state index in [4.69, 9.17) is 9.47 Å². The molecule has 1 aliphatic rings. The first kappa shape index (κ1) is 22.3. The second kappa shape index (κ2) is 9.31. The summed E-state index contributed by atoms with van der Waals surface area (Å²) in [6.07, 6.45) is 3.88. The Bertz CT molecular complexity index is 1150. The van der Waals surface area contributed by atoms with E-state index >= 15 is 0 Å². The number of hydrogen-bond donors (Lipinski definition) is 1. The molecule has 9 nitrogen and oxygen atoms in total. The smallest absolute Gasteiger partial charge is 0.415 e. The summed E-state index contributed by atoms with van der Waals surface area (Å²) in [6, 6.07) is 4.17. The average molecular weight is 456 g/mol. The Morgan fingerprint density at radius 1 is 1.15 bits per heavy atom. The molecule has 1 N–H and O–H groups in total. The van der Waals surface area contributed by atoms with E-state index in [0.717, 1.165) is 12.1 Å². The van der Waals surface area contributed by atoms with Crippen LogP contribution in [0.5, 0.6) is 11.5 Å². The molecule has 4 rings (SSSR count). The van der Waals surface area contributed by atoms with Crippen LogP contribution in [0.2, 0.25) is 0 Å². The molecule has 0 spiro atoms. The van der Waals surface area contributed by atoms with Gasteiger partial charge in [-0.2, -0.15) is 4.98 Å². The number of ether oxygens (including phenoxy) is 2. The second-order valence-corrected chi connectivity index (χ2v) is 7.82. The molecule has 0 saturated carbocycles. The molecule has 1 aliphatic heterocycles. The molecule has 1 amide bonds. The molecule has 3 aromatic rings. The zero-order chi connectivity index (χ0) is 23.5. The molecule has 2 aromatic heterocycles. The number of cyclic esters (lactones) is 1. The number of nitrogens with zero attached hydrogens (tertiary/aromatic N) is 5. The minimum atomic E-state index is -0.826. The van der Waals surface area contributed by atoms with Gasteiger partial charge in [0.05, 0.1) is 24.5 Å². The molecular formula is C22H22F2N6O3. The van der Waals surface area contributed by atoms with E-state index in [2.05, 4.69) is 25.3 Å². The highest BCUT2D eigenvalue weighted by atomic mass is 19.1. The lowest BCUT2D eigenvalue weighted by Crippen LogP contribution is -2.37. The van der Waals surface area contributed by atoms with Gasteiger partial charge in [-0.05, 0) is 31.0 Å². The molecule has 3 heterocycles. The number of hydrogen-bond acceptors (Lipinski definition) is 8. The first-order chi connectivity index (χ1) is 15.8. The Labute approximate surface area is 188 Å². The quantitative estimate of drug-likeness (QED) is 0.555. The van der Waals surface area contributed by atoms with E-state index in [1.54, 1.807) is 12.3 Å². The molecule has 11 heteroatoms. The lowest BCUT2D eigenvalue weighted by molar-refractivity contribution is 0.177. The van der Waals surface area contributed by atoms with Gasteiger partial charge in [0, 0.05) is 12.3 Å². The van der Waals surface area contributed by atoms with Gasteiger partial charge in [0.25, 0.3) is 0 Å². The van der Waals surface area contributed by atoms with Crippen LogP contribution in [0.25, 0.3) is 0 Å². The van der Waals surface area contributed by atoms with Gasteiger partial charge in [0.15, 0.2) is 23.1 Å². The van der Waals surface area contributed by atoms with Gasteiger partial charge in [-0.15, -0.1) is 0 Å². The highest BCUT2D eigenvalue weighted by Gasteiger charge is 2.37. The summed E-state index contributed by atoms with van der Waals surface area (Å²) in [4.78, 5) is 30.8. The van der Waals surface area contributed by atoms with Gasteiger partial charge in [0.2, 0.25) is 5.95 Å². The first-order valence-electron chi connectivity index (χ1n) is 10.3. The van der Waals surface area contributed by atoms with E-state index in [1.807, 2.05) is 20.8 Å². The lowest BCUT2D eigenvalue weighted by atomic mass is 10.0. The highest BCUT2D eigenvalue weighted by Crippen LogP contribution is 2.27. The van der Waals surface area contributed by atoms with E-state index < -0.39 is 17.7 Å². The van der Waals surface area contributed by atoms with E-state index in [1.165, 1.54) is 23.4 Å². The van der Waals surface area contributed by atoms with Crippen molar-refractivity contribution in [1.29, 1.82) is 0 Å². The monoisotopic (exact) mass is 456 g/mol. The van der Waals surface area contributed by atoms with Gasteiger partial charge >= 0.3 is 6.09 Å². The van der Waals surface area contributed by atoms with Crippen LogP contribution < -0.4 is 15.0 Å². The fourth-order valence-corrected chi connectivity index (χ4v) is 3.29. The third-order valence-electron chi connectivity index (χ3n) is 5.07. The SMILES string of the molecule is CC(C)[C@H]1COC(=O)N1c1ccnc(N[C@H](C)c2ncc(Oc3ccc(F)cc3F)cn2)n1. The van der Waals surface area contributed by atoms with Crippen LogP contribution in [0.15, 0.2) is 42.9 Å². The molecule has 0 aliphatic carbocycles. The number of rotatable bonds is 7. The highest BCUT2D eigenvalue weighted by molar-refractivity contribution is 5.89. The molecular weight excluding hydrogens is 434 g/mol. The van der Waals surface area contributed by atoms with Crippen molar-refractivity contribution >= 4 is 17.9 Å². The number of halogens is 2. The zero-order valence-electron chi connectivity index (χ0n) is 18.2. The van der Waals surface area contributed by atoms with Crippen molar-refractivity contribution in [2.75, 3.05) is 16.8 Å². The third-order valence-corrected chi connectivity index (χ3v) is 5.07. The Balaban J connectivity index is 1.44. The number of aromatic nitrogens is 4. The summed E-state index contributed by atoms with van der Waals surface area (Å²) < 4.78 is 37.3. The maximum absolute atomic E-state index is 13.8. The third kappa shape index (κ3) is 4.97. The van der Waals surface area contributed by atoms with E-state index in [-0.39, 0.29) is 29.5 Å². The molecule has 172 valence electrons. The van der Waals surface area contributed by atoms with Crippen LogP contribution >= 0.6 is 0 Å². The minimum absolute atomic E-state index is 0.112. The number of anilines is 2. The Morgan fingerprint density at radius 2 is 1.91 bits per heavy atom. The maximum Gasteiger partial charge on any atom is 0.415 e. The van der Waals surface area contributed by atoms with Crippen molar-refractivity contribution in [3.63, 3.8) is 0 Å². The van der Waals surface area contributed by atoms with Crippen molar-refractivity contribution < 1.29 is 23.0 Å². The van der Waals surface area contributed by atoms with Crippen LogP contribution in [0.1, 0.15) is 32.6 Å². The molecule has 0 radical (unpaired) electrons. The molecule has 1 aromatic carbocycles. The Kier molecular flexibility index (Phi) is 6.29. The Morgan fingerprint density at radius 3 is 2.61 bits per heavy atom. The summed E-state index contributed by atoms with van der Waals surface area (Å²) in [5, 5.41) is 3.10. The van der Waals surface area contributed by atoms with E-state index in [0.29, 0.717) is 24.2 Å². The summed E-state index contributed by atoms with van der Waals surface area (Å²) in [5.41, 5.74) is 0. The van der Waals surface area contributed by atoms with E-state index in [9.17, 15) is 13.6 Å². The largest absolute Gasteiger partial charge is 0.451 e. The van der Waals surface area contributed by atoms with Crippen molar-refractivity contribution in [2.24, 2.45) is 5.92 Å². The topological polar surface area (TPSA) is 102 Å². The molecule has 1 fully saturated rings. The Hall–Kier alpha value is -3.89. The van der Waals surface area contributed by atoms with Crippen LogP contribution in [0, 0.1) is 17.6 Å². The molecule has 0 bridgehead atoms. The maximum atomic E-state index is 13.8. The first-order valence-corrected chi connectivity index (χ1v) is 10.3. The fraction of sp³-hybridized carbons (Fsp3) is 0.318. The standard InChI is InChI=1S/C22H22F2N6O3/c1-12(2)17-11-32-22(31)30(17)19-6-7-25-21(29-19)28-13(3)20-26-9-15(10-27-20)33-18-5-4-14(23)8-16(18)24/h4-10,12-13,17H,11H2,1-3H3,(H,25,28,29)/t13-,17-/m1/s1. The molecule has 33 heavy (non-hydrogen) atoms. The number of amides is 1. The number of benzene rings is 1. The summed E-state index contributed by atoms with van der Waals surface area (Å²) in [6.45, 7) is 6.14. The van der Waals surface area contributed by atoms with Crippen LogP contribution in [-0.2, 0) is 4.74 Å². The average Bonchev–Trinajstić information content (AvgIpc) is 3.18. The molecule has 1 saturated heterocycles. The van der Waals surface area contributed by atoms with Crippen molar-refractivity contribution in [3.05, 3.63) is 60.3 Å². The summed E-state index contributed by atoms with van der Waals surface area (Å²) in [7, 11) is 0. The van der Waals surface area contributed by atoms with Crippen LogP contribution in [0.4, 0.5) is 25.3 Å². The zero-order valence-corrected chi connectivity index (χ0v) is 18.2. The second-order valence-electron chi connectivity index (χ2n) is 7.82. The van der Waals surface area contributed by atoms with Gasteiger partial charge < -0.3 is 14.8 Å². The normalized spacial score (nSPS) is 16.6. The van der Waals surface area contributed by atoms with Crippen molar-refractivity contribution in [3.8, 4) is 11.5 Å². The van der Waals surface area contributed by atoms with Crippen molar-refractivity contribution in [2.45, 2.75) is 32.9 Å². The van der Waals surface area contributed by atoms with Crippen molar-refractivity contribution in [1.82, 2.24) is 19.9 Å². The van der Waals surface area contributed by atoms with Gasteiger partial charge in [-0.1, -0.05) is 13.8 Å². The number of carbonyl (C=O) groups excluding carboxylic acids is 1. The fourth-order valence-electron chi connectivity index (χ4n) is 3.29.